The first-order valence-electron chi connectivity index (χ1n) is 8.39. The lowest BCUT2D eigenvalue weighted by Gasteiger charge is -2.43. The van der Waals surface area contributed by atoms with Gasteiger partial charge in [0.2, 0.25) is 5.91 Å². The largest absolute Gasteiger partial charge is 0.306 e. The van der Waals surface area contributed by atoms with Gasteiger partial charge in [-0.15, -0.1) is 0 Å². The number of amides is 1. The normalized spacial score (nSPS) is 25.8. The van der Waals surface area contributed by atoms with Crippen LogP contribution in [0.15, 0.2) is 60.7 Å². The lowest BCUT2D eigenvalue weighted by molar-refractivity contribution is -0.123. The van der Waals surface area contributed by atoms with Crippen molar-refractivity contribution in [2.45, 2.75) is 18.6 Å². The average molecular weight is 356 g/mol. The van der Waals surface area contributed by atoms with E-state index in [2.05, 4.69) is 0 Å². The smallest absolute Gasteiger partial charge is 0.241 e. The van der Waals surface area contributed by atoms with Crippen LogP contribution in [0.2, 0.25) is 0 Å². The number of piperazine rings is 1. The molecule has 2 fully saturated rings. The molecule has 2 atom stereocenters. The number of nitrogens with zero attached hydrogens (tertiary/aromatic N) is 2. The number of rotatable bonds is 3. The number of hydrogen-bond donors (Lipinski definition) is 0. The van der Waals surface area contributed by atoms with E-state index >= 15 is 0 Å². The minimum absolute atomic E-state index is 0.0313. The fourth-order valence-corrected chi connectivity index (χ4v) is 5.85. The van der Waals surface area contributed by atoms with Gasteiger partial charge in [-0.2, -0.15) is 0 Å². The van der Waals surface area contributed by atoms with E-state index in [9.17, 15) is 13.2 Å². The molecule has 0 saturated carbocycles. The van der Waals surface area contributed by atoms with Crippen LogP contribution in [0.25, 0.3) is 0 Å². The zero-order chi connectivity index (χ0) is 17.4. The van der Waals surface area contributed by atoms with E-state index in [4.69, 9.17) is 0 Å². The van der Waals surface area contributed by atoms with Crippen molar-refractivity contribution >= 4 is 21.4 Å². The highest BCUT2D eigenvalue weighted by Gasteiger charge is 2.49. The Hall–Kier alpha value is -2.18. The second-order valence-corrected chi connectivity index (χ2v) is 8.86. The van der Waals surface area contributed by atoms with Crippen molar-refractivity contribution in [3.63, 3.8) is 0 Å². The monoisotopic (exact) mass is 356 g/mol. The third-order valence-electron chi connectivity index (χ3n) is 4.96. The van der Waals surface area contributed by atoms with Gasteiger partial charge < -0.3 is 4.90 Å². The van der Waals surface area contributed by atoms with E-state index in [1.807, 2.05) is 65.6 Å². The van der Waals surface area contributed by atoms with Crippen molar-refractivity contribution in [1.82, 2.24) is 4.90 Å². The number of sulfone groups is 1. The van der Waals surface area contributed by atoms with Gasteiger partial charge in [-0.3, -0.25) is 9.69 Å². The van der Waals surface area contributed by atoms with Crippen LogP contribution < -0.4 is 4.90 Å². The Balaban J connectivity index is 1.67. The SMILES string of the molecule is O=C1CN(Cc2ccccc2)[C@H]2CS(=O)(=O)C[C@H]2N1c1ccccc1. The molecule has 0 N–H and O–H groups in total. The van der Waals surface area contributed by atoms with Crippen molar-refractivity contribution < 1.29 is 13.2 Å². The van der Waals surface area contributed by atoms with Crippen LogP contribution in [0.3, 0.4) is 0 Å². The topological polar surface area (TPSA) is 57.7 Å². The minimum Gasteiger partial charge on any atom is -0.306 e. The van der Waals surface area contributed by atoms with E-state index in [0.29, 0.717) is 6.54 Å². The van der Waals surface area contributed by atoms with E-state index < -0.39 is 9.84 Å². The van der Waals surface area contributed by atoms with Gasteiger partial charge in [0.25, 0.3) is 0 Å². The molecule has 25 heavy (non-hydrogen) atoms. The van der Waals surface area contributed by atoms with E-state index in [0.717, 1.165) is 11.3 Å². The van der Waals surface area contributed by atoms with Gasteiger partial charge in [0.15, 0.2) is 9.84 Å². The molecule has 5 nitrogen and oxygen atoms in total. The molecule has 2 heterocycles. The first-order valence-corrected chi connectivity index (χ1v) is 10.2. The molecule has 2 aromatic rings. The summed E-state index contributed by atoms with van der Waals surface area (Å²) in [5.74, 6) is 0.102. The Kier molecular flexibility index (Phi) is 4.09. The number of anilines is 1. The molecule has 0 bridgehead atoms. The standard InChI is InChI=1S/C19H20N2O3S/c22-19-12-20(11-15-7-3-1-4-8-15)17-13-25(23,24)14-18(17)21(19)16-9-5-2-6-10-16/h1-10,17-18H,11-14H2/t17-,18+/m0/s1. The van der Waals surface area contributed by atoms with E-state index in [1.165, 1.54) is 0 Å². The summed E-state index contributed by atoms with van der Waals surface area (Å²) in [6.45, 7) is 0.826. The van der Waals surface area contributed by atoms with Crippen LogP contribution in [0.1, 0.15) is 5.56 Å². The Morgan fingerprint density at radius 3 is 2.16 bits per heavy atom. The molecule has 4 rings (SSSR count). The van der Waals surface area contributed by atoms with Crippen LogP contribution in [-0.2, 0) is 21.2 Å². The molecule has 0 spiro atoms. The van der Waals surface area contributed by atoms with Gasteiger partial charge in [-0.1, -0.05) is 48.5 Å². The third kappa shape index (κ3) is 3.19. The summed E-state index contributed by atoms with van der Waals surface area (Å²) in [6, 6.07) is 18.8. The number of hydrogen-bond acceptors (Lipinski definition) is 4. The van der Waals surface area contributed by atoms with Gasteiger partial charge in [0, 0.05) is 18.3 Å². The quantitative estimate of drug-likeness (QED) is 0.840. The Morgan fingerprint density at radius 1 is 0.880 bits per heavy atom. The molecule has 0 aliphatic carbocycles. The fraction of sp³-hybridized carbons (Fsp3) is 0.316. The molecule has 2 aromatic carbocycles. The summed E-state index contributed by atoms with van der Waals surface area (Å²) in [4.78, 5) is 16.5. The summed E-state index contributed by atoms with van der Waals surface area (Å²) >= 11 is 0. The molecule has 0 aromatic heterocycles. The van der Waals surface area contributed by atoms with Gasteiger partial charge in [-0.25, -0.2) is 8.42 Å². The lowest BCUT2D eigenvalue weighted by atomic mass is 10.0. The molecule has 0 radical (unpaired) electrons. The maximum absolute atomic E-state index is 12.8. The highest BCUT2D eigenvalue weighted by molar-refractivity contribution is 7.91. The van der Waals surface area contributed by atoms with Crippen LogP contribution in [-0.4, -0.2) is 49.4 Å². The first kappa shape index (κ1) is 16.3. The molecular weight excluding hydrogens is 336 g/mol. The van der Waals surface area contributed by atoms with Gasteiger partial charge in [-0.05, 0) is 17.7 Å². The molecule has 1 amide bonds. The zero-order valence-corrected chi connectivity index (χ0v) is 14.6. The summed E-state index contributed by atoms with van der Waals surface area (Å²) in [5.41, 5.74) is 1.87. The summed E-state index contributed by atoms with van der Waals surface area (Å²) in [7, 11) is -3.15. The Bertz CT molecular complexity index is 868. The van der Waals surface area contributed by atoms with Crippen LogP contribution in [0.4, 0.5) is 5.69 Å². The van der Waals surface area contributed by atoms with Gasteiger partial charge >= 0.3 is 0 Å². The molecule has 6 heteroatoms. The predicted octanol–water partition coefficient (Wildman–Crippen LogP) is 1.70. The van der Waals surface area contributed by atoms with Crippen molar-refractivity contribution in [3.8, 4) is 0 Å². The summed E-state index contributed by atoms with van der Waals surface area (Å²) < 4.78 is 24.6. The van der Waals surface area contributed by atoms with Crippen molar-refractivity contribution in [1.29, 1.82) is 0 Å². The maximum Gasteiger partial charge on any atom is 0.241 e. The van der Waals surface area contributed by atoms with Crippen molar-refractivity contribution in [2.24, 2.45) is 0 Å². The van der Waals surface area contributed by atoms with Crippen LogP contribution >= 0.6 is 0 Å². The average Bonchev–Trinajstić information content (AvgIpc) is 2.92. The van der Waals surface area contributed by atoms with Crippen LogP contribution in [0.5, 0.6) is 0 Å². The predicted molar refractivity (Wildman–Crippen MR) is 97.0 cm³/mol. The minimum atomic E-state index is -3.15. The highest BCUT2D eigenvalue weighted by Crippen LogP contribution is 2.32. The fourth-order valence-electron chi connectivity index (χ4n) is 3.87. The van der Waals surface area contributed by atoms with Crippen molar-refractivity contribution in [2.75, 3.05) is 23.0 Å². The number of carbonyl (C=O) groups excluding carboxylic acids is 1. The summed E-state index contributed by atoms with van der Waals surface area (Å²) in [6.07, 6.45) is 0. The number of benzene rings is 2. The van der Waals surface area contributed by atoms with Gasteiger partial charge in [0.05, 0.1) is 24.1 Å². The van der Waals surface area contributed by atoms with Crippen molar-refractivity contribution in [3.05, 3.63) is 66.2 Å². The number of fused-ring (bicyclic) bond motifs is 1. The zero-order valence-electron chi connectivity index (χ0n) is 13.8. The molecular formula is C19H20N2O3S. The molecule has 2 aliphatic rings. The molecule has 0 unspecified atom stereocenters. The Labute approximate surface area is 147 Å². The third-order valence-corrected chi connectivity index (χ3v) is 6.66. The van der Waals surface area contributed by atoms with E-state index in [1.54, 1.807) is 4.90 Å². The second-order valence-electron chi connectivity index (χ2n) is 6.70. The van der Waals surface area contributed by atoms with E-state index in [-0.39, 0.29) is 36.0 Å². The first-order chi connectivity index (χ1) is 12.0. The number of carbonyl (C=O) groups is 1. The van der Waals surface area contributed by atoms with Gasteiger partial charge in [0.1, 0.15) is 0 Å². The summed E-state index contributed by atoms with van der Waals surface area (Å²) in [5, 5.41) is 0. The molecule has 130 valence electrons. The number of para-hydroxylation sites is 1. The maximum atomic E-state index is 12.8. The lowest BCUT2D eigenvalue weighted by Crippen LogP contribution is -2.61. The molecule has 2 aliphatic heterocycles. The second kappa shape index (κ2) is 6.28. The highest BCUT2D eigenvalue weighted by atomic mass is 32.2. The van der Waals surface area contributed by atoms with Crippen LogP contribution in [0, 0.1) is 0 Å². The Morgan fingerprint density at radius 2 is 1.48 bits per heavy atom. The molecule has 2 saturated heterocycles.